The minimum absolute atomic E-state index is 0.235. The van der Waals surface area contributed by atoms with E-state index in [4.69, 9.17) is 16.7 Å². The van der Waals surface area contributed by atoms with Gasteiger partial charge in [0, 0.05) is 0 Å². The zero-order valence-corrected chi connectivity index (χ0v) is 12.0. The van der Waals surface area contributed by atoms with Crippen molar-refractivity contribution in [2.75, 3.05) is 20.3 Å². The van der Waals surface area contributed by atoms with Crippen LogP contribution in [0.3, 0.4) is 0 Å². The van der Waals surface area contributed by atoms with Gasteiger partial charge in [-0.05, 0) is 12.1 Å². The van der Waals surface area contributed by atoms with Gasteiger partial charge in [-0.1, -0.05) is 23.7 Å². The Balaban J connectivity index is 2.51. The number of esters is 1. The summed E-state index contributed by atoms with van der Waals surface area (Å²) >= 11 is 5.85. The molecule has 0 aliphatic heterocycles. The molecule has 0 aliphatic carbocycles. The summed E-state index contributed by atoms with van der Waals surface area (Å²) in [5.74, 6) is -1.93. The highest BCUT2D eigenvalue weighted by molar-refractivity contribution is 6.33. The Labute approximate surface area is 126 Å². The van der Waals surface area contributed by atoms with Crippen molar-refractivity contribution >= 4 is 29.4 Å². The second kappa shape index (κ2) is 8.23. The van der Waals surface area contributed by atoms with Crippen LogP contribution in [0, 0.1) is 0 Å². The molecular weight excluding hydrogens is 300 g/mol. The molecule has 0 aromatic heterocycles. The number of amides is 2. The fraction of sp³-hybridized carbons (Fsp3) is 0.308. The summed E-state index contributed by atoms with van der Waals surface area (Å²) in [5.41, 5.74) is 0.235. The maximum atomic E-state index is 11.8. The third-order valence-electron chi connectivity index (χ3n) is 2.53. The maximum absolute atomic E-state index is 11.8. The van der Waals surface area contributed by atoms with Crippen molar-refractivity contribution in [3.05, 3.63) is 34.9 Å². The number of benzene rings is 1. The highest BCUT2D eigenvalue weighted by Gasteiger charge is 2.20. The number of halogens is 1. The van der Waals surface area contributed by atoms with Gasteiger partial charge in [-0.25, -0.2) is 4.79 Å². The van der Waals surface area contributed by atoms with E-state index in [0.29, 0.717) is 0 Å². The van der Waals surface area contributed by atoms with E-state index in [2.05, 4.69) is 15.4 Å². The van der Waals surface area contributed by atoms with Crippen molar-refractivity contribution in [2.24, 2.45) is 0 Å². The van der Waals surface area contributed by atoms with Crippen molar-refractivity contribution in [2.45, 2.75) is 6.04 Å². The molecule has 1 aromatic carbocycles. The Hall–Kier alpha value is -2.12. The van der Waals surface area contributed by atoms with E-state index in [9.17, 15) is 14.4 Å². The topological polar surface area (TPSA) is 105 Å². The van der Waals surface area contributed by atoms with E-state index in [1.807, 2.05) is 0 Å². The summed E-state index contributed by atoms with van der Waals surface area (Å²) in [5, 5.41) is 13.8. The Bertz CT molecular complexity index is 535. The predicted octanol–water partition coefficient (Wildman–Crippen LogP) is -0.280. The monoisotopic (exact) mass is 314 g/mol. The molecule has 0 saturated heterocycles. The molecule has 0 heterocycles. The number of carbonyl (C=O) groups excluding carboxylic acids is 3. The Morgan fingerprint density at radius 3 is 2.57 bits per heavy atom. The Morgan fingerprint density at radius 1 is 1.33 bits per heavy atom. The molecule has 0 spiro atoms. The van der Waals surface area contributed by atoms with Gasteiger partial charge in [0.2, 0.25) is 5.91 Å². The standard InChI is InChI=1S/C13H15ClN2O5/c1-21-13(20)10(7-17)16-11(18)6-15-12(19)8-4-2-3-5-9(8)14/h2-5,10,17H,6-7H2,1H3,(H,15,19)(H,16,18). The van der Waals surface area contributed by atoms with Crippen LogP contribution < -0.4 is 10.6 Å². The van der Waals surface area contributed by atoms with Crippen LogP contribution >= 0.6 is 11.6 Å². The molecule has 2 amide bonds. The minimum atomic E-state index is -1.17. The number of hydrogen-bond donors (Lipinski definition) is 3. The van der Waals surface area contributed by atoms with Crippen molar-refractivity contribution < 1.29 is 24.2 Å². The Morgan fingerprint density at radius 2 is 2.00 bits per heavy atom. The van der Waals surface area contributed by atoms with E-state index in [1.165, 1.54) is 6.07 Å². The van der Waals surface area contributed by atoms with Crippen LogP contribution in [0.4, 0.5) is 0 Å². The third kappa shape index (κ3) is 5.05. The average molecular weight is 315 g/mol. The fourth-order valence-corrected chi connectivity index (χ4v) is 1.69. The molecule has 0 radical (unpaired) electrons. The van der Waals surface area contributed by atoms with Crippen molar-refractivity contribution in [3.8, 4) is 0 Å². The predicted molar refractivity (Wildman–Crippen MR) is 74.8 cm³/mol. The van der Waals surface area contributed by atoms with Crippen molar-refractivity contribution in [1.29, 1.82) is 0 Å². The summed E-state index contributed by atoms with van der Waals surface area (Å²) in [7, 11) is 1.14. The van der Waals surface area contributed by atoms with Crippen LogP contribution in [-0.2, 0) is 14.3 Å². The van der Waals surface area contributed by atoms with Crippen LogP contribution in [0.1, 0.15) is 10.4 Å². The van der Waals surface area contributed by atoms with Gasteiger partial charge in [0.25, 0.3) is 5.91 Å². The first-order chi connectivity index (χ1) is 9.99. The summed E-state index contributed by atoms with van der Waals surface area (Å²) in [4.78, 5) is 34.6. The van der Waals surface area contributed by atoms with E-state index in [-0.39, 0.29) is 17.1 Å². The molecule has 0 aliphatic rings. The molecule has 0 fully saturated rings. The summed E-state index contributed by atoms with van der Waals surface area (Å²) in [6.07, 6.45) is 0. The van der Waals surface area contributed by atoms with Crippen LogP contribution in [0.2, 0.25) is 5.02 Å². The molecule has 1 atom stereocenters. The van der Waals surface area contributed by atoms with Gasteiger partial charge in [-0.3, -0.25) is 9.59 Å². The van der Waals surface area contributed by atoms with Crippen molar-refractivity contribution in [3.63, 3.8) is 0 Å². The van der Waals surface area contributed by atoms with Crippen molar-refractivity contribution in [1.82, 2.24) is 10.6 Å². The normalized spacial score (nSPS) is 11.4. The van der Waals surface area contributed by atoms with Gasteiger partial charge in [-0.2, -0.15) is 0 Å². The van der Waals surface area contributed by atoms with Gasteiger partial charge < -0.3 is 20.5 Å². The van der Waals surface area contributed by atoms with Gasteiger partial charge >= 0.3 is 5.97 Å². The maximum Gasteiger partial charge on any atom is 0.330 e. The number of aliphatic hydroxyl groups excluding tert-OH is 1. The lowest BCUT2D eigenvalue weighted by Gasteiger charge is -2.14. The lowest BCUT2D eigenvalue weighted by atomic mass is 10.2. The van der Waals surface area contributed by atoms with Crippen LogP contribution in [0.5, 0.6) is 0 Å². The number of nitrogens with one attached hydrogen (secondary N) is 2. The molecule has 0 saturated carbocycles. The summed E-state index contributed by atoms with van der Waals surface area (Å²) in [6.45, 7) is -0.964. The zero-order chi connectivity index (χ0) is 15.8. The van der Waals surface area contributed by atoms with Gasteiger partial charge in [0.15, 0.2) is 6.04 Å². The first-order valence-electron chi connectivity index (χ1n) is 6.00. The van der Waals surface area contributed by atoms with E-state index < -0.39 is 30.4 Å². The molecule has 7 nitrogen and oxygen atoms in total. The van der Waals surface area contributed by atoms with Gasteiger partial charge in [-0.15, -0.1) is 0 Å². The van der Waals surface area contributed by atoms with Crippen LogP contribution in [-0.4, -0.2) is 49.2 Å². The molecular formula is C13H15ClN2O5. The molecule has 1 unspecified atom stereocenters. The van der Waals surface area contributed by atoms with Gasteiger partial charge in [0.05, 0.1) is 30.8 Å². The Kier molecular flexibility index (Phi) is 6.64. The lowest BCUT2D eigenvalue weighted by Crippen LogP contribution is -2.47. The molecule has 21 heavy (non-hydrogen) atoms. The van der Waals surface area contributed by atoms with E-state index >= 15 is 0 Å². The summed E-state index contributed by atoms with van der Waals surface area (Å²) in [6, 6.07) is 5.21. The molecule has 1 aromatic rings. The van der Waals surface area contributed by atoms with E-state index in [1.54, 1.807) is 18.2 Å². The summed E-state index contributed by atoms with van der Waals surface area (Å²) < 4.78 is 4.40. The largest absolute Gasteiger partial charge is 0.467 e. The molecule has 114 valence electrons. The first kappa shape index (κ1) is 16.9. The number of rotatable bonds is 6. The number of carbonyl (C=O) groups is 3. The average Bonchev–Trinajstić information content (AvgIpc) is 2.49. The molecule has 0 bridgehead atoms. The second-order valence-corrected chi connectivity index (χ2v) is 4.40. The first-order valence-corrected chi connectivity index (χ1v) is 6.38. The van der Waals surface area contributed by atoms with Crippen LogP contribution in [0.15, 0.2) is 24.3 Å². The van der Waals surface area contributed by atoms with Gasteiger partial charge in [0.1, 0.15) is 0 Å². The number of hydrogen-bond acceptors (Lipinski definition) is 5. The lowest BCUT2D eigenvalue weighted by molar-refractivity contribution is -0.146. The zero-order valence-electron chi connectivity index (χ0n) is 11.3. The van der Waals surface area contributed by atoms with Crippen LogP contribution in [0.25, 0.3) is 0 Å². The minimum Gasteiger partial charge on any atom is -0.467 e. The smallest absolute Gasteiger partial charge is 0.330 e. The highest BCUT2D eigenvalue weighted by Crippen LogP contribution is 2.14. The quantitative estimate of drug-likeness (QED) is 0.626. The second-order valence-electron chi connectivity index (χ2n) is 3.99. The molecule has 3 N–H and O–H groups in total. The third-order valence-corrected chi connectivity index (χ3v) is 2.86. The SMILES string of the molecule is COC(=O)C(CO)NC(=O)CNC(=O)c1ccccc1Cl. The number of ether oxygens (including phenoxy) is 1. The highest BCUT2D eigenvalue weighted by atomic mass is 35.5. The number of aliphatic hydroxyl groups is 1. The molecule has 8 heteroatoms. The fourth-order valence-electron chi connectivity index (χ4n) is 1.47. The number of methoxy groups -OCH3 is 1. The molecule has 1 rings (SSSR count). The van der Waals surface area contributed by atoms with E-state index in [0.717, 1.165) is 7.11 Å².